The van der Waals surface area contributed by atoms with Crippen molar-refractivity contribution >= 4 is 35.1 Å². The number of rotatable bonds is 5. The number of aromatic nitrogens is 2. The van der Waals surface area contributed by atoms with Crippen molar-refractivity contribution in [2.45, 2.75) is 31.0 Å². The molecule has 1 aromatic heterocycles. The highest BCUT2D eigenvalue weighted by molar-refractivity contribution is 7.98. The maximum absolute atomic E-state index is 12.0. The third-order valence-corrected chi connectivity index (χ3v) is 4.19. The van der Waals surface area contributed by atoms with Crippen LogP contribution in [-0.2, 0) is 9.59 Å². The van der Waals surface area contributed by atoms with Crippen molar-refractivity contribution in [1.29, 1.82) is 0 Å². The zero-order valence-electron chi connectivity index (χ0n) is 13.9. The molecule has 1 amide bonds. The van der Waals surface area contributed by atoms with Crippen LogP contribution in [0.25, 0.3) is 0 Å². The number of anilines is 2. The van der Waals surface area contributed by atoms with E-state index in [1.807, 2.05) is 19.2 Å². The van der Waals surface area contributed by atoms with Crippen molar-refractivity contribution in [2.24, 2.45) is 0 Å². The average molecular weight is 358 g/mol. The smallest absolute Gasteiger partial charge is 0.334 e. The van der Waals surface area contributed by atoms with Crippen molar-refractivity contribution < 1.29 is 14.3 Å². The van der Waals surface area contributed by atoms with Crippen LogP contribution in [0.1, 0.15) is 18.5 Å². The van der Waals surface area contributed by atoms with Crippen LogP contribution >= 0.6 is 11.8 Å². The molecule has 7 nitrogen and oxygen atoms in total. The van der Waals surface area contributed by atoms with Crippen LogP contribution in [0.5, 0.6) is 5.75 Å². The molecule has 2 heterocycles. The SMILES string of the molecule is CSc1nc(C)cc(Nc2ccc(OC(=O)C3CCC(=O)N3)cc2)n1. The number of hydrogen-bond donors (Lipinski definition) is 2. The Hall–Kier alpha value is -2.61. The number of carbonyl (C=O) groups is 2. The topological polar surface area (TPSA) is 93.2 Å². The van der Waals surface area contributed by atoms with Gasteiger partial charge in [0, 0.05) is 23.9 Å². The summed E-state index contributed by atoms with van der Waals surface area (Å²) in [6.07, 6.45) is 2.76. The molecule has 1 aliphatic rings. The second kappa shape index (κ2) is 7.52. The predicted octanol–water partition coefficient (Wildman–Crippen LogP) is 2.43. The van der Waals surface area contributed by atoms with E-state index in [0.29, 0.717) is 29.6 Å². The van der Waals surface area contributed by atoms with Crippen molar-refractivity contribution in [3.8, 4) is 5.75 Å². The summed E-state index contributed by atoms with van der Waals surface area (Å²) >= 11 is 1.48. The maximum Gasteiger partial charge on any atom is 0.334 e. The van der Waals surface area contributed by atoms with E-state index in [4.69, 9.17) is 4.74 Å². The zero-order valence-corrected chi connectivity index (χ0v) is 14.7. The standard InChI is InChI=1S/C17H18N4O3S/c1-10-9-14(21-17(18-10)25-2)19-11-3-5-12(6-4-11)24-16(23)13-7-8-15(22)20-13/h3-6,9,13H,7-8H2,1-2H3,(H,20,22)(H,18,19,21). The van der Waals surface area contributed by atoms with Crippen LogP contribution in [0.4, 0.5) is 11.5 Å². The molecule has 3 rings (SSSR count). The van der Waals surface area contributed by atoms with Gasteiger partial charge in [-0.05, 0) is 43.9 Å². The lowest BCUT2D eigenvalue weighted by Crippen LogP contribution is -2.36. The minimum atomic E-state index is -0.556. The number of thioether (sulfide) groups is 1. The third-order valence-electron chi connectivity index (χ3n) is 3.64. The van der Waals surface area contributed by atoms with Crippen LogP contribution in [0.2, 0.25) is 0 Å². The molecule has 1 atom stereocenters. The molecule has 2 aromatic rings. The fraction of sp³-hybridized carbons (Fsp3) is 0.294. The number of nitrogens with one attached hydrogen (secondary N) is 2. The van der Waals surface area contributed by atoms with E-state index in [0.717, 1.165) is 11.4 Å². The minimum absolute atomic E-state index is 0.119. The molecule has 0 radical (unpaired) electrons. The zero-order chi connectivity index (χ0) is 17.8. The Labute approximate surface area is 149 Å². The van der Waals surface area contributed by atoms with Gasteiger partial charge in [0.15, 0.2) is 5.16 Å². The maximum atomic E-state index is 12.0. The van der Waals surface area contributed by atoms with Gasteiger partial charge in [-0.3, -0.25) is 4.79 Å². The highest BCUT2D eigenvalue weighted by atomic mass is 32.2. The summed E-state index contributed by atoms with van der Waals surface area (Å²) in [7, 11) is 0. The fourth-order valence-electron chi connectivity index (χ4n) is 2.43. The Kier molecular flexibility index (Phi) is 5.18. The van der Waals surface area contributed by atoms with E-state index in [9.17, 15) is 9.59 Å². The second-order valence-corrected chi connectivity index (χ2v) is 6.38. The lowest BCUT2D eigenvalue weighted by atomic mass is 10.2. The second-order valence-electron chi connectivity index (χ2n) is 5.61. The molecule has 0 aliphatic carbocycles. The van der Waals surface area contributed by atoms with Crippen LogP contribution in [0.15, 0.2) is 35.5 Å². The molecule has 0 saturated carbocycles. The molecular formula is C17H18N4O3S. The summed E-state index contributed by atoms with van der Waals surface area (Å²) in [6.45, 7) is 1.91. The fourth-order valence-corrected chi connectivity index (χ4v) is 2.85. The van der Waals surface area contributed by atoms with Crippen LogP contribution in [0, 0.1) is 6.92 Å². The van der Waals surface area contributed by atoms with Gasteiger partial charge in [-0.2, -0.15) is 0 Å². The molecule has 2 N–H and O–H groups in total. The molecule has 0 spiro atoms. The Morgan fingerprint density at radius 2 is 2.08 bits per heavy atom. The summed E-state index contributed by atoms with van der Waals surface area (Å²) in [5, 5.41) is 6.49. The van der Waals surface area contributed by atoms with Gasteiger partial charge in [0.1, 0.15) is 17.6 Å². The van der Waals surface area contributed by atoms with Gasteiger partial charge in [-0.25, -0.2) is 14.8 Å². The van der Waals surface area contributed by atoms with E-state index in [1.165, 1.54) is 11.8 Å². The lowest BCUT2D eigenvalue weighted by molar-refractivity contribution is -0.137. The largest absolute Gasteiger partial charge is 0.425 e. The number of hydrogen-bond acceptors (Lipinski definition) is 7. The monoisotopic (exact) mass is 358 g/mol. The minimum Gasteiger partial charge on any atom is -0.425 e. The molecule has 1 saturated heterocycles. The van der Waals surface area contributed by atoms with Crippen molar-refractivity contribution in [2.75, 3.05) is 11.6 Å². The predicted molar refractivity (Wildman–Crippen MR) is 95.1 cm³/mol. The highest BCUT2D eigenvalue weighted by Crippen LogP contribution is 2.21. The quantitative estimate of drug-likeness (QED) is 0.367. The van der Waals surface area contributed by atoms with E-state index >= 15 is 0 Å². The summed E-state index contributed by atoms with van der Waals surface area (Å²) in [6, 6.07) is 8.29. The van der Waals surface area contributed by atoms with Crippen LogP contribution < -0.4 is 15.4 Å². The molecule has 25 heavy (non-hydrogen) atoms. The first-order valence-corrected chi connectivity index (χ1v) is 9.04. The van der Waals surface area contributed by atoms with Crippen LogP contribution in [-0.4, -0.2) is 34.1 Å². The number of ether oxygens (including phenoxy) is 1. The van der Waals surface area contributed by atoms with Gasteiger partial charge in [-0.1, -0.05) is 11.8 Å². The van der Waals surface area contributed by atoms with Gasteiger partial charge in [0.25, 0.3) is 0 Å². The average Bonchev–Trinajstić information content (AvgIpc) is 3.03. The van der Waals surface area contributed by atoms with E-state index in [1.54, 1.807) is 24.3 Å². The first kappa shape index (κ1) is 17.2. The summed E-state index contributed by atoms with van der Waals surface area (Å²) in [4.78, 5) is 31.8. The molecular weight excluding hydrogens is 340 g/mol. The van der Waals surface area contributed by atoms with Gasteiger partial charge < -0.3 is 15.4 Å². The van der Waals surface area contributed by atoms with Gasteiger partial charge in [-0.15, -0.1) is 0 Å². The molecule has 1 aromatic carbocycles. The Bertz CT molecular complexity index is 795. The third kappa shape index (κ3) is 4.48. The van der Waals surface area contributed by atoms with Crippen molar-refractivity contribution in [1.82, 2.24) is 15.3 Å². The number of benzene rings is 1. The first-order valence-electron chi connectivity index (χ1n) is 7.81. The van der Waals surface area contributed by atoms with E-state index in [2.05, 4.69) is 20.6 Å². The number of amides is 1. The summed E-state index contributed by atoms with van der Waals surface area (Å²) in [5.74, 6) is 0.574. The number of aryl methyl sites for hydroxylation is 1. The Morgan fingerprint density at radius 1 is 1.32 bits per heavy atom. The molecule has 1 fully saturated rings. The van der Waals surface area contributed by atoms with E-state index < -0.39 is 12.0 Å². The summed E-state index contributed by atoms with van der Waals surface area (Å²) < 4.78 is 5.30. The molecule has 8 heteroatoms. The first-order chi connectivity index (χ1) is 12.0. The highest BCUT2D eigenvalue weighted by Gasteiger charge is 2.28. The van der Waals surface area contributed by atoms with Gasteiger partial charge >= 0.3 is 5.97 Å². The number of carbonyl (C=O) groups excluding carboxylic acids is 2. The molecule has 1 aliphatic heterocycles. The number of nitrogens with zero attached hydrogens (tertiary/aromatic N) is 2. The normalized spacial score (nSPS) is 16.4. The van der Waals surface area contributed by atoms with Crippen LogP contribution in [0.3, 0.4) is 0 Å². The Balaban J connectivity index is 1.63. The van der Waals surface area contributed by atoms with Crippen molar-refractivity contribution in [3.05, 3.63) is 36.0 Å². The Morgan fingerprint density at radius 3 is 2.72 bits per heavy atom. The lowest BCUT2D eigenvalue weighted by Gasteiger charge is -2.11. The molecule has 1 unspecified atom stereocenters. The van der Waals surface area contributed by atoms with Gasteiger partial charge in [0.2, 0.25) is 5.91 Å². The van der Waals surface area contributed by atoms with Crippen molar-refractivity contribution in [3.63, 3.8) is 0 Å². The summed E-state index contributed by atoms with van der Waals surface area (Å²) in [5.41, 5.74) is 1.70. The molecule has 0 bridgehead atoms. The van der Waals surface area contributed by atoms with Gasteiger partial charge in [0.05, 0.1) is 0 Å². The molecule has 130 valence electrons. The van der Waals surface area contributed by atoms with E-state index in [-0.39, 0.29) is 5.91 Å². The number of esters is 1.